The van der Waals surface area contributed by atoms with E-state index in [2.05, 4.69) is 26.3 Å². The predicted octanol–water partition coefficient (Wildman–Crippen LogP) is 2.95. The van der Waals surface area contributed by atoms with Gasteiger partial charge in [-0.05, 0) is 54.4 Å². The topological polar surface area (TPSA) is 70.7 Å². The van der Waals surface area contributed by atoms with Crippen molar-refractivity contribution in [3.63, 3.8) is 0 Å². The fraction of sp³-hybridized carbons (Fsp3) is 0.312. The van der Waals surface area contributed by atoms with E-state index in [4.69, 9.17) is 5.26 Å². The number of hydrogen-bond acceptors (Lipinski definition) is 3. The molecule has 0 radical (unpaired) electrons. The highest BCUT2D eigenvalue weighted by Crippen LogP contribution is 2.19. The van der Waals surface area contributed by atoms with Gasteiger partial charge in [0, 0.05) is 24.3 Å². The number of aryl methyl sites for hydroxylation is 2. The van der Waals surface area contributed by atoms with Crippen LogP contribution < -0.4 is 5.32 Å². The molecule has 1 aromatic heterocycles. The SMILES string of the molecule is Cc1nn(CCCNC(=O)c2cccc(C#N)c2)c(C)c1Br. The number of benzene rings is 1. The minimum Gasteiger partial charge on any atom is -0.352 e. The highest BCUT2D eigenvalue weighted by Gasteiger charge is 2.09. The predicted molar refractivity (Wildman–Crippen MR) is 87.5 cm³/mol. The molecule has 1 amide bonds. The first kappa shape index (κ1) is 16.2. The molecule has 1 aromatic carbocycles. The molecule has 5 nitrogen and oxygen atoms in total. The number of nitrogens with zero attached hydrogens (tertiary/aromatic N) is 3. The number of rotatable bonds is 5. The van der Waals surface area contributed by atoms with Crippen LogP contribution in [0.25, 0.3) is 0 Å². The number of nitriles is 1. The first-order valence-corrected chi connectivity index (χ1v) is 7.80. The summed E-state index contributed by atoms with van der Waals surface area (Å²) >= 11 is 3.50. The van der Waals surface area contributed by atoms with Gasteiger partial charge in [-0.25, -0.2) is 0 Å². The molecular weight excluding hydrogens is 344 g/mol. The second-order valence-electron chi connectivity index (χ2n) is 5.01. The number of halogens is 1. The van der Waals surface area contributed by atoms with Gasteiger partial charge in [-0.3, -0.25) is 9.48 Å². The lowest BCUT2D eigenvalue weighted by atomic mass is 10.1. The summed E-state index contributed by atoms with van der Waals surface area (Å²) in [4.78, 5) is 12.0. The maximum atomic E-state index is 12.0. The number of aromatic nitrogens is 2. The largest absolute Gasteiger partial charge is 0.352 e. The highest BCUT2D eigenvalue weighted by atomic mass is 79.9. The number of carbonyl (C=O) groups excluding carboxylic acids is 1. The van der Waals surface area contributed by atoms with Crippen LogP contribution in [0.1, 0.15) is 33.7 Å². The maximum absolute atomic E-state index is 12.0. The Morgan fingerprint density at radius 1 is 1.45 bits per heavy atom. The van der Waals surface area contributed by atoms with Gasteiger partial charge in [-0.1, -0.05) is 6.07 Å². The first-order valence-electron chi connectivity index (χ1n) is 7.01. The lowest BCUT2D eigenvalue weighted by molar-refractivity contribution is 0.0952. The standard InChI is InChI=1S/C16H17BrN4O/c1-11-15(17)12(2)21(20-11)8-4-7-19-16(22)14-6-3-5-13(9-14)10-18/h3,5-6,9H,4,7-8H2,1-2H3,(H,19,22). The van der Waals surface area contributed by atoms with E-state index < -0.39 is 0 Å². The molecule has 0 aliphatic rings. The van der Waals surface area contributed by atoms with E-state index in [9.17, 15) is 4.79 Å². The smallest absolute Gasteiger partial charge is 0.251 e. The van der Waals surface area contributed by atoms with Crippen LogP contribution in [-0.4, -0.2) is 22.2 Å². The monoisotopic (exact) mass is 360 g/mol. The molecular formula is C16H17BrN4O. The number of amides is 1. The van der Waals surface area contributed by atoms with Crippen LogP contribution in [0.15, 0.2) is 28.7 Å². The second-order valence-corrected chi connectivity index (χ2v) is 5.80. The Kier molecular flexibility index (Phi) is 5.34. The molecule has 0 saturated carbocycles. The maximum Gasteiger partial charge on any atom is 0.251 e. The zero-order valence-electron chi connectivity index (χ0n) is 12.6. The first-order chi connectivity index (χ1) is 10.5. The molecule has 0 fully saturated rings. The lowest BCUT2D eigenvalue weighted by Gasteiger charge is -2.07. The molecule has 2 rings (SSSR count). The van der Waals surface area contributed by atoms with E-state index in [0.717, 1.165) is 28.8 Å². The summed E-state index contributed by atoms with van der Waals surface area (Å²) in [7, 11) is 0. The van der Waals surface area contributed by atoms with Crippen molar-refractivity contribution >= 4 is 21.8 Å². The van der Waals surface area contributed by atoms with Crippen molar-refractivity contribution < 1.29 is 4.79 Å². The van der Waals surface area contributed by atoms with Gasteiger partial charge in [0.1, 0.15) is 0 Å². The summed E-state index contributed by atoms with van der Waals surface area (Å²) in [6.07, 6.45) is 0.790. The minimum atomic E-state index is -0.161. The molecule has 0 aliphatic heterocycles. The van der Waals surface area contributed by atoms with Crippen molar-refractivity contribution in [2.75, 3.05) is 6.54 Å². The molecule has 6 heteroatoms. The Balaban J connectivity index is 1.84. The van der Waals surface area contributed by atoms with Crippen LogP contribution in [0, 0.1) is 25.2 Å². The fourth-order valence-electron chi connectivity index (χ4n) is 2.16. The van der Waals surface area contributed by atoms with Crippen LogP contribution in [0.4, 0.5) is 0 Å². The van der Waals surface area contributed by atoms with Crippen LogP contribution in [0.3, 0.4) is 0 Å². The molecule has 0 saturated heterocycles. The minimum absolute atomic E-state index is 0.161. The van der Waals surface area contributed by atoms with Gasteiger partial charge >= 0.3 is 0 Å². The van der Waals surface area contributed by atoms with Gasteiger partial charge in [0.25, 0.3) is 5.91 Å². The summed E-state index contributed by atoms with van der Waals surface area (Å²) < 4.78 is 2.96. The van der Waals surface area contributed by atoms with Gasteiger partial charge in [-0.2, -0.15) is 10.4 Å². The molecule has 2 aromatic rings. The average molecular weight is 361 g/mol. The van der Waals surface area contributed by atoms with Gasteiger partial charge in [0.05, 0.1) is 21.8 Å². The Morgan fingerprint density at radius 2 is 2.23 bits per heavy atom. The molecule has 22 heavy (non-hydrogen) atoms. The zero-order chi connectivity index (χ0) is 16.1. The van der Waals surface area contributed by atoms with E-state index in [1.54, 1.807) is 24.3 Å². The van der Waals surface area contributed by atoms with Crippen molar-refractivity contribution in [3.05, 3.63) is 51.3 Å². The summed E-state index contributed by atoms with van der Waals surface area (Å²) in [5, 5.41) is 16.1. The Hall–Kier alpha value is -2.13. The lowest BCUT2D eigenvalue weighted by Crippen LogP contribution is -2.25. The van der Waals surface area contributed by atoms with E-state index >= 15 is 0 Å². The Labute approximate surface area is 138 Å². The molecule has 0 spiro atoms. The van der Waals surface area contributed by atoms with Crippen LogP contribution >= 0.6 is 15.9 Å². The average Bonchev–Trinajstić information content (AvgIpc) is 2.78. The normalized spacial score (nSPS) is 10.3. The van der Waals surface area contributed by atoms with Crippen LogP contribution in [0.2, 0.25) is 0 Å². The number of carbonyl (C=O) groups is 1. The molecule has 1 heterocycles. The third-order valence-corrected chi connectivity index (χ3v) is 4.53. The van der Waals surface area contributed by atoms with E-state index in [0.29, 0.717) is 17.7 Å². The Morgan fingerprint density at radius 3 is 2.86 bits per heavy atom. The number of nitrogens with one attached hydrogen (secondary N) is 1. The summed E-state index contributed by atoms with van der Waals surface area (Å²) in [5.41, 5.74) is 3.05. The summed E-state index contributed by atoms with van der Waals surface area (Å²) in [5.74, 6) is -0.161. The van der Waals surface area contributed by atoms with Gasteiger partial charge in [0.2, 0.25) is 0 Å². The van der Waals surface area contributed by atoms with Gasteiger partial charge in [0.15, 0.2) is 0 Å². The Bertz CT molecular complexity index is 730. The van der Waals surface area contributed by atoms with Crippen molar-refractivity contribution in [2.45, 2.75) is 26.8 Å². The third kappa shape index (κ3) is 3.74. The molecule has 0 atom stereocenters. The van der Waals surface area contributed by atoms with Crippen LogP contribution in [-0.2, 0) is 6.54 Å². The van der Waals surface area contributed by atoms with Gasteiger partial charge < -0.3 is 5.32 Å². The molecule has 1 N–H and O–H groups in total. The zero-order valence-corrected chi connectivity index (χ0v) is 14.1. The number of hydrogen-bond donors (Lipinski definition) is 1. The molecule has 0 bridgehead atoms. The summed E-state index contributed by atoms with van der Waals surface area (Å²) in [6.45, 7) is 5.27. The van der Waals surface area contributed by atoms with Gasteiger partial charge in [-0.15, -0.1) is 0 Å². The fourth-order valence-corrected chi connectivity index (χ4v) is 2.44. The molecule has 0 aliphatic carbocycles. The summed E-state index contributed by atoms with van der Waals surface area (Å²) in [6, 6.07) is 8.71. The van der Waals surface area contributed by atoms with Crippen molar-refractivity contribution in [1.82, 2.24) is 15.1 Å². The van der Waals surface area contributed by atoms with E-state index in [1.165, 1.54) is 0 Å². The van der Waals surface area contributed by atoms with Crippen LogP contribution in [0.5, 0.6) is 0 Å². The third-order valence-electron chi connectivity index (χ3n) is 3.38. The molecule has 0 unspecified atom stereocenters. The van der Waals surface area contributed by atoms with E-state index in [1.807, 2.05) is 24.6 Å². The molecule has 114 valence electrons. The van der Waals surface area contributed by atoms with Crippen molar-refractivity contribution in [1.29, 1.82) is 5.26 Å². The van der Waals surface area contributed by atoms with Crippen molar-refractivity contribution in [2.24, 2.45) is 0 Å². The highest BCUT2D eigenvalue weighted by molar-refractivity contribution is 9.10. The van der Waals surface area contributed by atoms with E-state index in [-0.39, 0.29) is 5.91 Å². The van der Waals surface area contributed by atoms with Crippen molar-refractivity contribution in [3.8, 4) is 6.07 Å². The second kappa shape index (κ2) is 7.23. The quantitative estimate of drug-likeness (QED) is 0.833.